The molecule has 2 aromatic heterocycles. The third kappa shape index (κ3) is 2.12. The van der Waals surface area contributed by atoms with E-state index in [1.54, 1.807) is 26.1 Å². The number of aromatic nitrogens is 4. The van der Waals surface area contributed by atoms with Crippen LogP contribution in [0.2, 0.25) is 0 Å². The van der Waals surface area contributed by atoms with Crippen molar-refractivity contribution in [1.82, 2.24) is 20.1 Å². The van der Waals surface area contributed by atoms with Crippen molar-refractivity contribution in [3.8, 4) is 11.5 Å². The first-order valence-electron chi connectivity index (χ1n) is 4.44. The van der Waals surface area contributed by atoms with E-state index in [0.29, 0.717) is 23.2 Å². The zero-order chi connectivity index (χ0) is 10.8. The summed E-state index contributed by atoms with van der Waals surface area (Å²) < 4.78 is 4.97. The summed E-state index contributed by atoms with van der Waals surface area (Å²) in [7, 11) is 0. The van der Waals surface area contributed by atoms with E-state index in [1.807, 2.05) is 0 Å². The van der Waals surface area contributed by atoms with Crippen LogP contribution in [0.5, 0.6) is 0 Å². The van der Waals surface area contributed by atoms with Crippen molar-refractivity contribution < 1.29 is 4.52 Å². The number of hydrogen-bond acceptors (Lipinski definition) is 5. The topological polar surface area (TPSA) is 64.7 Å². The van der Waals surface area contributed by atoms with Gasteiger partial charge in [0.05, 0.1) is 0 Å². The number of nitrogens with zero attached hydrogens (tertiary/aromatic N) is 4. The van der Waals surface area contributed by atoms with Crippen molar-refractivity contribution in [1.29, 1.82) is 0 Å². The SMILES string of the molecule is Cc1nccc(-c2noc(C(C)Cl)n2)n1. The van der Waals surface area contributed by atoms with Gasteiger partial charge in [-0.3, -0.25) is 0 Å². The van der Waals surface area contributed by atoms with Gasteiger partial charge in [0.15, 0.2) is 0 Å². The van der Waals surface area contributed by atoms with E-state index in [4.69, 9.17) is 16.1 Å². The Hall–Kier alpha value is -1.49. The van der Waals surface area contributed by atoms with E-state index in [0.717, 1.165) is 0 Å². The fourth-order valence-corrected chi connectivity index (χ4v) is 1.17. The minimum Gasteiger partial charge on any atom is -0.337 e. The Balaban J connectivity index is 2.37. The van der Waals surface area contributed by atoms with Crippen LogP contribution >= 0.6 is 11.6 Å². The van der Waals surface area contributed by atoms with Gasteiger partial charge in [0, 0.05) is 6.20 Å². The third-order valence-electron chi connectivity index (χ3n) is 1.79. The number of hydrogen-bond donors (Lipinski definition) is 0. The molecule has 0 radical (unpaired) electrons. The van der Waals surface area contributed by atoms with Crippen LogP contribution in [-0.4, -0.2) is 20.1 Å². The van der Waals surface area contributed by atoms with Gasteiger partial charge < -0.3 is 4.52 Å². The molecule has 0 fully saturated rings. The highest BCUT2D eigenvalue weighted by molar-refractivity contribution is 6.20. The molecule has 0 aliphatic heterocycles. The van der Waals surface area contributed by atoms with Gasteiger partial charge >= 0.3 is 0 Å². The third-order valence-corrected chi connectivity index (χ3v) is 1.97. The molecule has 1 atom stereocenters. The Morgan fingerprint density at radius 3 is 2.80 bits per heavy atom. The quantitative estimate of drug-likeness (QED) is 0.732. The molecule has 0 saturated carbocycles. The van der Waals surface area contributed by atoms with Crippen LogP contribution in [-0.2, 0) is 0 Å². The second-order valence-electron chi connectivity index (χ2n) is 3.06. The van der Waals surface area contributed by atoms with Gasteiger partial charge in [-0.15, -0.1) is 11.6 Å². The summed E-state index contributed by atoms with van der Waals surface area (Å²) in [5.41, 5.74) is 0.634. The Labute approximate surface area is 91.5 Å². The van der Waals surface area contributed by atoms with E-state index in [9.17, 15) is 0 Å². The molecule has 0 amide bonds. The largest absolute Gasteiger partial charge is 0.337 e. The molecule has 0 N–H and O–H groups in total. The van der Waals surface area contributed by atoms with Gasteiger partial charge in [-0.2, -0.15) is 4.98 Å². The Morgan fingerprint density at radius 2 is 2.20 bits per heavy atom. The first-order valence-corrected chi connectivity index (χ1v) is 4.88. The molecular formula is C9H9ClN4O. The molecule has 5 nitrogen and oxygen atoms in total. The van der Waals surface area contributed by atoms with Gasteiger partial charge in [-0.05, 0) is 19.9 Å². The summed E-state index contributed by atoms with van der Waals surface area (Å²) in [6.07, 6.45) is 1.65. The fourth-order valence-electron chi connectivity index (χ4n) is 1.08. The van der Waals surface area contributed by atoms with Gasteiger partial charge in [0.25, 0.3) is 0 Å². The number of alkyl halides is 1. The van der Waals surface area contributed by atoms with Crippen molar-refractivity contribution in [2.75, 3.05) is 0 Å². The first kappa shape index (κ1) is 10.0. The molecule has 2 heterocycles. The number of rotatable bonds is 2. The van der Waals surface area contributed by atoms with Crippen molar-refractivity contribution in [3.05, 3.63) is 24.0 Å². The van der Waals surface area contributed by atoms with Crippen LogP contribution in [0.3, 0.4) is 0 Å². The molecule has 0 bridgehead atoms. The van der Waals surface area contributed by atoms with Crippen LogP contribution in [0.1, 0.15) is 24.0 Å². The summed E-state index contributed by atoms with van der Waals surface area (Å²) in [5, 5.41) is 3.49. The Kier molecular flexibility index (Phi) is 2.64. The van der Waals surface area contributed by atoms with Gasteiger partial charge in [0.1, 0.15) is 16.9 Å². The summed E-state index contributed by atoms with van der Waals surface area (Å²) in [4.78, 5) is 12.3. The molecule has 2 aromatic rings. The maximum absolute atomic E-state index is 5.81. The number of halogens is 1. The molecule has 0 aliphatic carbocycles. The summed E-state index contributed by atoms with van der Waals surface area (Å²) >= 11 is 5.81. The lowest BCUT2D eigenvalue weighted by atomic mass is 10.4. The molecule has 78 valence electrons. The normalized spacial score (nSPS) is 12.7. The maximum atomic E-state index is 5.81. The van der Waals surface area contributed by atoms with E-state index >= 15 is 0 Å². The molecule has 0 spiro atoms. The molecule has 6 heteroatoms. The molecule has 1 unspecified atom stereocenters. The van der Waals surface area contributed by atoms with E-state index < -0.39 is 0 Å². The second-order valence-corrected chi connectivity index (χ2v) is 3.72. The molecule has 0 aliphatic rings. The predicted molar refractivity (Wildman–Crippen MR) is 54.3 cm³/mol. The zero-order valence-corrected chi connectivity index (χ0v) is 9.06. The standard InChI is InChI=1S/C9H9ClN4O/c1-5(10)9-13-8(14-15-9)7-3-4-11-6(2)12-7/h3-5H,1-2H3. The van der Waals surface area contributed by atoms with Crippen LogP contribution in [0.25, 0.3) is 11.5 Å². The van der Waals surface area contributed by atoms with Crippen molar-refractivity contribution >= 4 is 11.6 Å². The summed E-state index contributed by atoms with van der Waals surface area (Å²) in [6.45, 7) is 3.57. The Morgan fingerprint density at radius 1 is 1.40 bits per heavy atom. The lowest BCUT2D eigenvalue weighted by Crippen LogP contribution is -1.91. The molecule has 0 aromatic carbocycles. The highest BCUT2D eigenvalue weighted by atomic mass is 35.5. The van der Waals surface area contributed by atoms with E-state index in [-0.39, 0.29) is 5.38 Å². The number of aryl methyl sites for hydroxylation is 1. The van der Waals surface area contributed by atoms with Gasteiger partial charge in [0.2, 0.25) is 11.7 Å². The smallest absolute Gasteiger partial charge is 0.244 e. The molecular weight excluding hydrogens is 216 g/mol. The van der Waals surface area contributed by atoms with Crippen molar-refractivity contribution in [2.45, 2.75) is 19.2 Å². The minimum atomic E-state index is -0.297. The summed E-state index contributed by atoms with van der Waals surface area (Å²) in [6, 6.07) is 1.72. The highest BCUT2D eigenvalue weighted by Crippen LogP contribution is 2.20. The first-order chi connectivity index (χ1) is 7.16. The fraction of sp³-hybridized carbons (Fsp3) is 0.333. The molecule has 2 rings (SSSR count). The minimum absolute atomic E-state index is 0.297. The van der Waals surface area contributed by atoms with Crippen LogP contribution in [0.15, 0.2) is 16.8 Å². The van der Waals surface area contributed by atoms with Crippen LogP contribution in [0.4, 0.5) is 0 Å². The van der Waals surface area contributed by atoms with Crippen LogP contribution in [0, 0.1) is 6.92 Å². The lowest BCUT2D eigenvalue weighted by molar-refractivity contribution is 0.379. The van der Waals surface area contributed by atoms with Gasteiger partial charge in [-0.1, -0.05) is 5.16 Å². The van der Waals surface area contributed by atoms with Crippen molar-refractivity contribution in [2.24, 2.45) is 0 Å². The molecule has 0 saturated heterocycles. The van der Waals surface area contributed by atoms with Gasteiger partial charge in [-0.25, -0.2) is 9.97 Å². The van der Waals surface area contributed by atoms with E-state index in [1.165, 1.54) is 0 Å². The summed E-state index contributed by atoms with van der Waals surface area (Å²) in [5.74, 6) is 1.49. The lowest BCUT2D eigenvalue weighted by Gasteiger charge is -1.93. The zero-order valence-electron chi connectivity index (χ0n) is 8.31. The average Bonchev–Trinajstić information content (AvgIpc) is 2.66. The van der Waals surface area contributed by atoms with E-state index in [2.05, 4.69) is 20.1 Å². The maximum Gasteiger partial charge on any atom is 0.244 e. The average molecular weight is 225 g/mol. The monoisotopic (exact) mass is 224 g/mol. The van der Waals surface area contributed by atoms with Crippen molar-refractivity contribution in [3.63, 3.8) is 0 Å². The molecule has 15 heavy (non-hydrogen) atoms. The van der Waals surface area contributed by atoms with Crippen LogP contribution < -0.4 is 0 Å². The second kappa shape index (κ2) is 3.94. The highest BCUT2D eigenvalue weighted by Gasteiger charge is 2.13. The Bertz CT molecular complexity index is 469. The predicted octanol–water partition coefficient (Wildman–Crippen LogP) is 2.13.